The van der Waals surface area contributed by atoms with E-state index in [1.54, 1.807) is 20.8 Å². The molecule has 22 heavy (non-hydrogen) atoms. The molecular formula is C19H32O3. The second-order valence-electron chi connectivity index (χ2n) is 6.51. The molecule has 1 aromatic rings. The third kappa shape index (κ3) is 10.4. The first-order valence-corrected chi connectivity index (χ1v) is 8.14. The van der Waals surface area contributed by atoms with Crippen molar-refractivity contribution < 1.29 is 14.6 Å². The molecule has 0 atom stereocenters. The van der Waals surface area contributed by atoms with Gasteiger partial charge in [-0.2, -0.15) is 0 Å². The van der Waals surface area contributed by atoms with Crippen molar-refractivity contribution in [2.24, 2.45) is 0 Å². The van der Waals surface area contributed by atoms with E-state index in [1.165, 1.54) is 37.7 Å². The fraction of sp³-hybridized carbons (Fsp3) is 0.632. The average molecular weight is 308 g/mol. The number of hydrogen-bond donors (Lipinski definition) is 1. The zero-order chi connectivity index (χ0) is 17.0. The zero-order valence-corrected chi connectivity index (χ0v) is 14.6. The SMILES string of the molecule is C=O.CC(C)(C)O.CCOc1ccc(C2CCCCC2)cc1. The van der Waals surface area contributed by atoms with Gasteiger partial charge in [-0.05, 0) is 64.2 Å². The van der Waals surface area contributed by atoms with Crippen molar-refractivity contribution in [3.63, 3.8) is 0 Å². The Morgan fingerprint density at radius 2 is 1.55 bits per heavy atom. The van der Waals surface area contributed by atoms with Crippen LogP contribution in [-0.4, -0.2) is 24.1 Å². The van der Waals surface area contributed by atoms with Gasteiger partial charge < -0.3 is 14.6 Å². The summed E-state index contributed by atoms with van der Waals surface area (Å²) in [4.78, 5) is 8.00. The zero-order valence-electron chi connectivity index (χ0n) is 14.6. The summed E-state index contributed by atoms with van der Waals surface area (Å²) in [6.45, 7) is 10.0. The first-order chi connectivity index (χ1) is 10.4. The second kappa shape index (κ2) is 11.2. The molecule has 0 saturated heterocycles. The summed E-state index contributed by atoms with van der Waals surface area (Å²) in [5, 5.41) is 8.52. The van der Waals surface area contributed by atoms with Gasteiger partial charge in [0.1, 0.15) is 12.5 Å². The number of aliphatic hydroxyl groups is 1. The molecule has 0 heterocycles. The van der Waals surface area contributed by atoms with Crippen molar-refractivity contribution in [1.82, 2.24) is 0 Å². The van der Waals surface area contributed by atoms with Gasteiger partial charge in [0, 0.05) is 0 Å². The standard InChI is InChI=1S/C14H20O.C4H10O.CH2O/c1-2-15-14-10-8-13(9-11-14)12-6-4-3-5-7-12;1-4(2,3)5;1-2/h8-12H,2-7H2,1H3;5H,1-3H3;1H2. The Hall–Kier alpha value is -1.35. The third-order valence-electron chi connectivity index (χ3n) is 3.27. The molecule has 1 fully saturated rings. The molecule has 0 unspecified atom stereocenters. The van der Waals surface area contributed by atoms with E-state index < -0.39 is 5.60 Å². The Kier molecular flexibility index (Phi) is 10.6. The van der Waals surface area contributed by atoms with Crippen molar-refractivity contribution in [2.45, 2.75) is 71.3 Å². The van der Waals surface area contributed by atoms with E-state index in [0.717, 1.165) is 18.3 Å². The van der Waals surface area contributed by atoms with Crippen LogP contribution in [0.15, 0.2) is 24.3 Å². The summed E-state index contributed by atoms with van der Waals surface area (Å²) >= 11 is 0. The van der Waals surface area contributed by atoms with Gasteiger partial charge >= 0.3 is 0 Å². The van der Waals surface area contributed by atoms with Gasteiger partial charge in [0.2, 0.25) is 0 Å². The van der Waals surface area contributed by atoms with Gasteiger partial charge in [-0.3, -0.25) is 0 Å². The van der Waals surface area contributed by atoms with Gasteiger partial charge in [-0.15, -0.1) is 0 Å². The maximum atomic E-state index is 8.52. The van der Waals surface area contributed by atoms with Crippen molar-refractivity contribution in [2.75, 3.05) is 6.61 Å². The molecule has 1 aromatic carbocycles. The largest absolute Gasteiger partial charge is 0.494 e. The lowest BCUT2D eigenvalue weighted by atomic mass is 9.84. The number of ether oxygens (including phenoxy) is 1. The first kappa shape index (κ1) is 20.6. The maximum Gasteiger partial charge on any atom is 0.119 e. The molecule has 3 nitrogen and oxygen atoms in total. The molecule has 0 radical (unpaired) electrons. The van der Waals surface area contributed by atoms with Gasteiger partial charge in [-0.25, -0.2) is 0 Å². The Bertz CT molecular complexity index is 367. The highest BCUT2D eigenvalue weighted by Crippen LogP contribution is 2.33. The number of rotatable bonds is 3. The normalized spacial score (nSPS) is 15.0. The molecule has 1 aliphatic carbocycles. The summed E-state index contributed by atoms with van der Waals surface area (Å²) in [5.74, 6) is 1.80. The fourth-order valence-electron chi connectivity index (χ4n) is 2.44. The van der Waals surface area contributed by atoms with Gasteiger partial charge in [0.15, 0.2) is 0 Å². The first-order valence-electron chi connectivity index (χ1n) is 8.14. The lowest BCUT2D eigenvalue weighted by Gasteiger charge is -2.22. The summed E-state index contributed by atoms with van der Waals surface area (Å²) in [5.41, 5.74) is 0.998. The summed E-state index contributed by atoms with van der Waals surface area (Å²) in [7, 11) is 0. The number of carbonyl (C=O) groups excluding carboxylic acids is 1. The Morgan fingerprint density at radius 3 is 1.95 bits per heavy atom. The molecule has 1 aliphatic rings. The van der Waals surface area contributed by atoms with Gasteiger partial charge in [-0.1, -0.05) is 31.4 Å². The Morgan fingerprint density at radius 1 is 1.09 bits per heavy atom. The summed E-state index contributed by atoms with van der Waals surface area (Å²) in [6, 6.07) is 8.68. The molecule has 0 spiro atoms. The quantitative estimate of drug-likeness (QED) is 0.878. The minimum Gasteiger partial charge on any atom is -0.494 e. The highest BCUT2D eigenvalue weighted by Gasteiger charge is 2.14. The van der Waals surface area contributed by atoms with Crippen LogP contribution in [0.5, 0.6) is 5.75 Å². The average Bonchev–Trinajstić information content (AvgIpc) is 2.50. The highest BCUT2D eigenvalue weighted by atomic mass is 16.5. The topological polar surface area (TPSA) is 46.5 Å². The molecule has 2 rings (SSSR count). The minimum absolute atomic E-state index is 0.500. The monoisotopic (exact) mass is 308 g/mol. The van der Waals surface area contributed by atoms with Crippen molar-refractivity contribution in [3.8, 4) is 5.75 Å². The molecule has 3 heteroatoms. The fourth-order valence-corrected chi connectivity index (χ4v) is 2.44. The molecule has 126 valence electrons. The molecule has 0 aliphatic heterocycles. The van der Waals surface area contributed by atoms with Crippen LogP contribution < -0.4 is 4.74 Å². The van der Waals surface area contributed by atoms with Crippen LogP contribution in [0.3, 0.4) is 0 Å². The van der Waals surface area contributed by atoms with E-state index >= 15 is 0 Å². The van der Waals surface area contributed by atoms with Crippen LogP contribution in [0.1, 0.15) is 71.3 Å². The molecule has 0 bridgehead atoms. The predicted octanol–water partition coefficient (Wildman–Crippen LogP) is 4.73. The molecular weight excluding hydrogens is 276 g/mol. The maximum absolute atomic E-state index is 8.52. The van der Waals surface area contributed by atoms with Gasteiger partial charge in [0.25, 0.3) is 0 Å². The van der Waals surface area contributed by atoms with Crippen molar-refractivity contribution in [1.29, 1.82) is 0 Å². The minimum atomic E-state index is -0.500. The van der Waals surface area contributed by atoms with E-state index in [0.29, 0.717) is 0 Å². The number of carbonyl (C=O) groups is 1. The van der Waals surface area contributed by atoms with E-state index in [1.807, 2.05) is 13.7 Å². The molecule has 0 amide bonds. The highest BCUT2D eigenvalue weighted by molar-refractivity contribution is 5.29. The molecule has 1 saturated carbocycles. The van der Waals surface area contributed by atoms with Crippen molar-refractivity contribution in [3.05, 3.63) is 29.8 Å². The van der Waals surface area contributed by atoms with Crippen LogP contribution in [0.25, 0.3) is 0 Å². The molecule has 0 aromatic heterocycles. The van der Waals surface area contributed by atoms with E-state index in [4.69, 9.17) is 14.6 Å². The third-order valence-corrected chi connectivity index (χ3v) is 3.27. The van der Waals surface area contributed by atoms with E-state index in [-0.39, 0.29) is 0 Å². The number of hydrogen-bond acceptors (Lipinski definition) is 3. The van der Waals surface area contributed by atoms with E-state index in [9.17, 15) is 0 Å². The second-order valence-corrected chi connectivity index (χ2v) is 6.51. The summed E-state index contributed by atoms with van der Waals surface area (Å²) < 4.78 is 5.45. The van der Waals surface area contributed by atoms with Crippen LogP contribution in [0.2, 0.25) is 0 Å². The lowest BCUT2D eigenvalue weighted by molar-refractivity contribution is -0.0980. The van der Waals surface area contributed by atoms with Crippen LogP contribution in [-0.2, 0) is 4.79 Å². The predicted molar refractivity (Wildman–Crippen MR) is 92.5 cm³/mol. The van der Waals surface area contributed by atoms with E-state index in [2.05, 4.69) is 24.3 Å². The Balaban J connectivity index is 0.000000540. The number of benzene rings is 1. The van der Waals surface area contributed by atoms with Gasteiger partial charge in [0.05, 0.1) is 12.2 Å². The smallest absolute Gasteiger partial charge is 0.119 e. The molecule has 1 N–H and O–H groups in total. The van der Waals surface area contributed by atoms with Crippen molar-refractivity contribution >= 4 is 6.79 Å². The summed E-state index contributed by atoms with van der Waals surface area (Å²) in [6.07, 6.45) is 6.96. The van der Waals surface area contributed by atoms with Crippen LogP contribution >= 0.6 is 0 Å². The lowest BCUT2D eigenvalue weighted by Crippen LogP contribution is -2.10. The van der Waals surface area contributed by atoms with Crippen LogP contribution in [0.4, 0.5) is 0 Å². The van der Waals surface area contributed by atoms with Crippen LogP contribution in [0, 0.1) is 0 Å². The Labute approximate surface area is 135 Å².